The number of esters is 1. The summed E-state index contributed by atoms with van der Waals surface area (Å²) < 4.78 is 30.9. The minimum Gasteiger partial charge on any atom is -0.487 e. The molecule has 0 spiro atoms. The zero-order valence-corrected chi connectivity index (χ0v) is 43.5. The van der Waals surface area contributed by atoms with Crippen molar-refractivity contribution < 1.29 is 33.3 Å². The van der Waals surface area contributed by atoms with E-state index in [-0.39, 0.29) is 37.9 Å². The maximum atomic E-state index is 13.3. The summed E-state index contributed by atoms with van der Waals surface area (Å²) in [5.74, 6) is 2.67. The Hall–Kier alpha value is -2.16. The molecule has 8 heteroatoms. The molecule has 2 aliphatic heterocycles. The number of fused-ring (bicyclic) bond motifs is 1. The van der Waals surface area contributed by atoms with Gasteiger partial charge in [-0.3, -0.25) is 4.79 Å². The molecule has 2 heterocycles. The quantitative estimate of drug-likeness (QED) is 0.0418. The Morgan fingerprint density at radius 2 is 1.17 bits per heavy atom. The number of nitrogens with one attached hydrogen (secondary N) is 1. The standard InChI is InChI=1S/C56H99NO7/c1-12-13-14-15-16-17-18-19-20-21-22-23-24-25-26-35-50(58)57-56(41-61-54(9,10)62-42-56)40-60-39-51(59)63-52-46(6)47(7)53-49(48(52)8)36-38-55(11,64-53)37-29-34-45(5)33-28-32-44(4)31-27-30-43(2)3/h43-45H,12-42H2,1-11H3,(H,57,58). The highest BCUT2D eigenvalue weighted by atomic mass is 16.7. The van der Waals surface area contributed by atoms with Crippen LogP contribution in [0, 0.1) is 38.5 Å². The van der Waals surface area contributed by atoms with E-state index in [1.54, 1.807) is 0 Å². The van der Waals surface area contributed by atoms with Gasteiger partial charge in [-0.15, -0.1) is 0 Å². The van der Waals surface area contributed by atoms with Gasteiger partial charge in [-0.2, -0.15) is 0 Å². The Morgan fingerprint density at radius 1 is 0.656 bits per heavy atom. The van der Waals surface area contributed by atoms with E-state index in [4.69, 9.17) is 23.7 Å². The topological polar surface area (TPSA) is 92.3 Å². The molecule has 370 valence electrons. The fraction of sp³-hybridized carbons (Fsp3) is 0.857. The number of benzene rings is 1. The summed E-state index contributed by atoms with van der Waals surface area (Å²) in [6.45, 7) is 24.2. The van der Waals surface area contributed by atoms with Crippen LogP contribution in [-0.2, 0) is 30.2 Å². The molecule has 64 heavy (non-hydrogen) atoms. The molecule has 0 saturated carbocycles. The molecular formula is C56H99NO7. The molecule has 3 rings (SSSR count). The fourth-order valence-electron chi connectivity index (χ4n) is 9.80. The van der Waals surface area contributed by atoms with Crippen molar-refractivity contribution in [1.82, 2.24) is 5.32 Å². The van der Waals surface area contributed by atoms with Crippen molar-refractivity contribution in [1.29, 1.82) is 0 Å². The Balaban J connectivity index is 1.40. The molecule has 0 radical (unpaired) electrons. The lowest BCUT2D eigenvalue weighted by Crippen LogP contribution is -2.63. The first kappa shape index (κ1) is 56.2. The van der Waals surface area contributed by atoms with E-state index >= 15 is 0 Å². The zero-order valence-electron chi connectivity index (χ0n) is 43.5. The number of amides is 1. The van der Waals surface area contributed by atoms with Crippen molar-refractivity contribution in [2.75, 3.05) is 26.4 Å². The molecule has 2 aliphatic rings. The molecule has 3 unspecified atom stereocenters. The van der Waals surface area contributed by atoms with Crippen molar-refractivity contribution >= 4 is 11.9 Å². The first-order valence-corrected chi connectivity index (χ1v) is 26.7. The first-order valence-electron chi connectivity index (χ1n) is 26.7. The third-order valence-corrected chi connectivity index (χ3v) is 14.5. The molecule has 1 amide bonds. The van der Waals surface area contributed by atoms with E-state index in [1.165, 1.54) is 128 Å². The number of carbonyl (C=O) groups excluding carboxylic acids is 2. The van der Waals surface area contributed by atoms with Crippen LogP contribution in [0.15, 0.2) is 0 Å². The molecule has 8 nitrogen and oxygen atoms in total. The monoisotopic (exact) mass is 898 g/mol. The number of hydrogen-bond donors (Lipinski definition) is 1. The molecule has 3 atom stereocenters. The van der Waals surface area contributed by atoms with E-state index in [9.17, 15) is 9.59 Å². The van der Waals surface area contributed by atoms with Crippen molar-refractivity contribution in [3.8, 4) is 11.5 Å². The van der Waals surface area contributed by atoms with Crippen LogP contribution in [0.2, 0.25) is 0 Å². The molecule has 1 aromatic rings. The Kier molecular flexibility index (Phi) is 25.9. The highest BCUT2D eigenvalue weighted by Gasteiger charge is 2.42. The van der Waals surface area contributed by atoms with Crippen molar-refractivity contribution in [3.63, 3.8) is 0 Å². The van der Waals surface area contributed by atoms with Crippen molar-refractivity contribution in [2.45, 2.75) is 266 Å². The van der Waals surface area contributed by atoms with Gasteiger partial charge in [0, 0.05) is 12.0 Å². The van der Waals surface area contributed by atoms with E-state index in [1.807, 2.05) is 27.7 Å². The van der Waals surface area contributed by atoms with Crippen LogP contribution in [0.25, 0.3) is 0 Å². The predicted molar refractivity (Wildman–Crippen MR) is 266 cm³/mol. The van der Waals surface area contributed by atoms with Crippen LogP contribution in [-0.4, -0.2) is 55.2 Å². The smallest absolute Gasteiger partial charge is 0.337 e. The maximum absolute atomic E-state index is 13.3. The fourth-order valence-corrected chi connectivity index (χ4v) is 9.80. The largest absolute Gasteiger partial charge is 0.487 e. The molecular weight excluding hydrogens is 799 g/mol. The summed E-state index contributed by atoms with van der Waals surface area (Å²) in [5, 5.41) is 3.17. The van der Waals surface area contributed by atoms with Gasteiger partial charge in [0.2, 0.25) is 5.91 Å². The minimum absolute atomic E-state index is 0.0419. The van der Waals surface area contributed by atoms with E-state index < -0.39 is 17.3 Å². The second-order valence-corrected chi connectivity index (χ2v) is 21.9. The summed E-state index contributed by atoms with van der Waals surface area (Å²) >= 11 is 0. The number of carbonyl (C=O) groups is 2. The summed E-state index contributed by atoms with van der Waals surface area (Å²) in [6.07, 6.45) is 33.1. The molecule has 0 aromatic heterocycles. The lowest BCUT2D eigenvalue weighted by Gasteiger charge is -2.43. The molecule has 1 N–H and O–H groups in total. The van der Waals surface area contributed by atoms with E-state index in [0.29, 0.717) is 12.2 Å². The summed E-state index contributed by atoms with van der Waals surface area (Å²) in [4.78, 5) is 26.6. The number of ether oxygens (including phenoxy) is 5. The van der Waals surface area contributed by atoms with Gasteiger partial charge < -0.3 is 29.0 Å². The van der Waals surface area contributed by atoms with Crippen molar-refractivity contribution in [2.24, 2.45) is 17.8 Å². The lowest BCUT2D eigenvalue weighted by atomic mass is 9.83. The van der Waals surface area contributed by atoms with Crippen LogP contribution >= 0.6 is 0 Å². The van der Waals surface area contributed by atoms with Gasteiger partial charge >= 0.3 is 5.97 Å². The van der Waals surface area contributed by atoms with E-state index in [2.05, 4.69) is 53.8 Å². The van der Waals surface area contributed by atoms with E-state index in [0.717, 1.165) is 84.3 Å². The maximum Gasteiger partial charge on any atom is 0.337 e. The predicted octanol–water partition coefficient (Wildman–Crippen LogP) is 15.0. The van der Waals surface area contributed by atoms with Gasteiger partial charge in [-0.05, 0) is 108 Å². The Bertz CT molecular complexity index is 1480. The van der Waals surface area contributed by atoms with Crippen LogP contribution in [0.5, 0.6) is 11.5 Å². The third kappa shape index (κ3) is 21.2. The average Bonchev–Trinajstić information content (AvgIpc) is 3.24. The molecule has 1 saturated heterocycles. The Morgan fingerprint density at radius 3 is 1.72 bits per heavy atom. The van der Waals surface area contributed by atoms with Gasteiger partial charge in [-0.25, -0.2) is 4.79 Å². The van der Waals surface area contributed by atoms with Gasteiger partial charge in [-0.1, -0.05) is 169 Å². The summed E-state index contributed by atoms with van der Waals surface area (Å²) in [7, 11) is 0. The van der Waals surface area contributed by atoms with Crippen LogP contribution in [0.3, 0.4) is 0 Å². The number of unbranched alkanes of at least 4 members (excludes halogenated alkanes) is 14. The minimum atomic E-state index is -0.885. The number of hydrogen-bond acceptors (Lipinski definition) is 7. The van der Waals surface area contributed by atoms with Crippen LogP contribution in [0.1, 0.15) is 245 Å². The lowest BCUT2D eigenvalue weighted by molar-refractivity contribution is -0.276. The molecule has 1 aromatic carbocycles. The van der Waals surface area contributed by atoms with Crippen LogP contribution < -0.4 is 14.8 Å². The molecule has 1 fully saturated rings. The molecule has 0 bridgehead atoms. The van der Waals surface area contributed by atoms with Crippen LogP contribution in [0.4, 0.5) is 0 Å². The first-order chi connectivity index (χ1) is 30.5. The summed E-state index contributed by atoms with van der Waals surface area (Å²) in [6, 6.07) is 0. The third-order valence-electron chi connectivity index (χ3n) is 14.5. The van der Waals surface area contributed by atoms with Gasteiger partial charge in [0.05, 0.1) is 19.8 Å². The highest BCUT2D eigenvalue weighted by molar-refractivity contribution is 5.77. The SMILES string of the molecule is CCCCCCCCCCCCCCCCCC(=O)NC1(COCC(=O)Oc2c(C)c(C)c3c(c2C)CCC(C)(CCCC(C)CCCC(C)CCCC(C)C)O3)COC(C)(C)OC1. The zero-order chi connectivity index (χ0) is 47.0. The Labute approximate surface area is 393 Å². The van der Waals surface area contributed by atoms with Gasteiger partial charge in [0.15, 0.2) is 5.79 Å². The second kappa shape index (κ2) is 29.6. The second-order valence-electron chi connectivity index (χ2n) is 21.9. The van der Waals surface area contributed by atoms with Crippen molar-refractivity contribution in [3.05, 3.63) is 22.3 Å². The molecule has 0 aliphatic carbocycles. The van der Waals surface area contributed by atoms with Gasteiger partial charge in [0.1, 0.15) is 29.2 Å². The normalized spacial score (nSPS) is 18.9. The average molecular weight is 898 g/mol. The van der Waals surface area contributed by atoms with Gasteiger partial charge in [0.25, 0.3) is 0 Å². The highest BCUT2D eigenvalue weighted by Crippen LogP contribution is 2.45. The number of rotatable bonds is 34. The summed E-state index contributed by atoms with van der Waals surface area (Å²) in [5.41, 5.74) is 2.95.